The summed E-state index contributed by atoms with van der Waals surface area (Å²) in [6, 6.07) is 0. The SMILES string of the molecule is O=C(CCCCCCCCCCCCCCCCCNCC(=O)N1CCOP(=O)(O)OCC1)N1CCOP(=O)(O)OCC1. The molecule has 2 saturated heterocycles. The lowest BCUT2D eigenvalue weighted by molar-refractivity contribution is -0.133. The maximum Gasteiger partial charge on any atom is 0.472 e. The number of nitrogens with one attached hydrogen (secondary N) is 1. The smallest absolute Gasteiger partial charge is 0.338 e. The molecular weight excluding hydrogens is 600 g/mol. The lowest BCUT2D eigenvalue weighted by atomic mass is 10.0. The molecule has 15 heteroatoms. The van der Waals surface area contributed by atoms with Crippen LogP contribution in [0.15, 0.2) is 0 Å². The zero-order valence-electron chi connectivity index (χ0n) is 25.8. The Labute approximate surface area is 257 Å². The predicted molar refractivity (Wildman–Crippen MR) is 163 cm³/mol. The normalized spacial score (nSPS) is 19.3. The number of phosphoric acid groups is 2. The molecule has 2 fully saturated rings. The van der Waals surface area contributed by atoms with E-state index < -0.39 is 15.6 Å². The van der Waals surface area contributed by atoms with Crippen molar-refractivity contribution in [3.63, 3.8) is 0 Å². The Balaban J connectivity index is 1.28. The van der Waals surface area contributed by atoms with Gasteiger partial charge in [0.15, 0.2) is 0 Å². The fourth-order valence-corrected chi connectivity index (χ4v) is 6.55. The van der Waals surface area contributed by atoms with E-state index in [1.54, 1.807) is 9.80 Å². The van der Waals surface area contributed by atoms with Gasteiger partial charge in [0.25, 0.3) is 0 Å². The van der Waals surface area contributed by atoms with Gasteiger partial charge in [0.1, 0.15) is 0 Å². The lowest BCUT2D eigenvalue weighted by Gasteiger charge is -2.26. The average molecular weight is 656 g/mol. The van der Waals surface area contributed by atoms with Crippen LogP contribution in [0.1, 0.15) is 103 Å². The Hall–Kier alpha value is -0.880. The molecule has 0 aromatic rings. The van der Waals surface area contributed by atoms with Crippen molar-refractivity contribution < 1.29 is 46.6 Å². The number of hydrogen-bond donors (Lipinski definition) is 3. The number of hydrogen-bond acceptors (Lipinski definition) is 9. The van der Waals surface area contributed by atoms with Gasteiger partial charge in [-0.05, 0) is 19.4 Å². The van der Waals surface area contributed by atoms with E-state index in [9.17, 15) is 28.5 Å². The van der Waals surface area contributed by atoms with Crippen molar-refractivity contribution >= 4 is 27.5 Å². The van der Waals surface area contributed by atoms with Crippen LogP contribution in [0.2, 0.25) is 0 Å². The van der Waals surface area contributed by atoms with Crippen LogP contribution in [0.4, 0.5) is 0 Å². The fraction of sp³-hybridized carbons (Fsp3) is 0.929. The molecule has 0 aromatic carbocycles. The minimum Gasteiger partial charge on any atom is -0.338 e. The minimum absolute atomic E-state index is 0.0119. The molecule has 2 amide bonds. The molecular formula is C28H55N3O10P2. The van der Waals surface area contributed by atoms with Crippen molar-refractivity contribution in [3.05, 3.63) is 0 Å². The highest BCUT2D eigenvalue weighted by Gasteiger charge is 2.26. The van der Waals surface area contributed by atoms with E-state index in [2.05, 4.69) is 5.32 Å². The van der Waals surface area contributed by atoms with Crippen molar-refractivity contribution in [3.8, 4) is 0 Å². The Bertz CT molecular complexity index is 786. The van der Waals surface area contributed by atoms with Gasteiger partial charge in [0, 0.05) is 32.6 Å². The Morgan fingerprint density at radius 1 is 0.535 bits per heavy atom. The molecule has 0 radical (unpaired) electrons. The van der Waals surface area contributed by atoms with Gasteiger partial charge in [0.2, 0.25) is 11.8 Å². The summed E-state index contributed by atoms with van der Waals surface area (Å²) in [5.74, 6) is 0.00382. The quantitative estimate of drug-likeness (QED) is 0.122. The van der Waals surface area contributed by atoms with Gasteiger partial charge in [-0.25, -0.2) is 9.13 Å². The number of carbonyl (C=O) groups is 2. The number of phosphoric ester groups is 2. The van der Waals surface area contributed by atoms with Gasteiger partial charge >= 0.3 is 15.6 Å². The van der Waals surface area contributed by atoms with Gasteiger partial charge in [-0.3, -0.25) is 27.7 Å². The largest absolute Gasteiger partial charge is 0.472 e. The summed E-state index contributed by atoms with van der Waals surface area (Å²) in [5.41, 5.74) is 0. The highest BCUT2D eigenvalue weighted by atomic mass is 31.2. The van der Waals surface area contributed by atoms with E-state index in [0.29, 0.717) is 19.5 Å². The van der Waals surface area contributed by atoms with Crippen molar-refractivity contribution in [2.24, 2.45) is 0 Å². The van der Waals surface area contributed by atoms with Crippen molar-refractivity contribution in [2.45, 2.75) is 103 Å². The molecule has 13 nitrogen and oxygen atoms in total. The molecule has 2 heterocycles. The summed E-state index contributed by atoms with van der Waals surface area (Å²) >= 11 is 0. The molecule has 0 spiro atoms. The van der Waals surface area contributed by atoms with Crippen LogP contribution in [-0.2, 0) is 36.8 Å². The molecule has 0 aliphatic carbocycles. The summed E-state index contributed by atoms with van der Waals surface area (Å²) < 4.78 is 41.9. The highest BCUT2D eigenvalue weighted by Crippen LogP contribution is 2.44. The molecule has 0 bridgehead atoms. The minimum atomic E-state index is -3.96. The standard InChI is InChI=1S/C28H55N3O10P2/c32-27(30-18-22-38-42(34,35)39-23-19-30)16-14-12-10-8-6-4-2-1-3-5-7-9-11-13-15-17-29-26-28(33)31-20-24-40-43(36,37)41-25-21-31/h29H,1-26H2,(H,34,35)(H,36,37). The molecule has 3 N–H and O–H groups in total. The first kappa shape index (κ1) is 38.3. The summed E-state index contributed by atoms with van der Waals surface area (Å²) in [5, 5.41) is 3.19. The molecule has 2 aliphatic heterocycles. The van der Waals surface area contributed by atoms with Crippen LogP contribution < -0.4 is 5.32 Å². The van der Waals surface area contributed by atoms with Crippen LogP contribution >= 0.6 is 15.6 Å². The average Bonchev–Trinajstić information content (AvgIpc) is 2.94. The third kappa shape index (κ3) is 19.3. The van der Waals surface area contributed by atoms with Gasteiger partial charge in [0.05, 0.1) is 33.0 Å². The topological polar surface area (TPSA) is 164 Å². The molecule has 43 heavy (non-hydrogen) atoms. The van der Waals surface area contributed by atoms with Crippen LogP contribution in [-0.4, -0.2) is 97.1 Å². The van der Waals surface area contributed by atoms with E-state index in [1.165, 1.54) is 64.2 Å². The summed E-state index contributed by atoms with van der Waals surface area (Å²) in [6.45, 7) is 2.28. The van der Waals surface area contributed by atoms with Crippen LogP contribution in [0, 0.1) is 0 Å². The van der Waals surface area contributed by atoms with Gasteiger partial charge in [-0.2, -0.15) is 0 Å². The second kappa shape index (κ2) is 22.6. The van der Waals surface area contributed by atoms with E-state index >= 15 is 0 Å². The highest BCUT2D eigenvalue weighted by molar-refractivity contribution is 7.47. The molecule has 2 aliphatic rings. The summed E-state index contributed by atoms with van der Waals surface area (Å²) in [6.07, 6.45) is 18.5. The predicted octanol–water partition coefficient (Wildman–Crippen LogP) is 4.77. The Kier molecular flexibility index (Phi) is 20.1. The molecule has 0 aromatic heterocycles. The first-order valence-electron chi connectivity index (χ1n) is 16.2. The molecule has 0 unspecified atom stereocenters. The fourth-order valence-electron chi connectivity index (χ4n) is 5.15. The van der Waals surface area contributed by atoms with Crippen molar-refractivity contribution in [1.29, 1.82) is 0 Å². The first-order valence-corrected chi connectivity index (χ1v) is 19.2. The Morgan fingerprint density at radius 3 is 1.26 bits per heavy atom. The Morgan fingerprint density at radius 2 is 0.860 bits per heavy atom. The molecule has 0 atom stereocenters. The van der Waals surface area contributed by atoms with E-state index in [-0.39, 0.29) is 57.9 Å². The lowest BCUT2D eigenvalue weighted by Crippen LogP contribution is -2.42. The van der Waals surface area contributed by atoms with Crippen LogP contribution in [0.25, 0.3) is 0 Å². The number of amides is 2. The monoisotopic (exact) mass is 655 g/mol. The number of unbranched alkanes of at least 4 members (excludes halogenated alkanes) is 14. The van der Waals surface area contributed by atoms with Crippen LogP contribution in [0.3, 0.4) is 0 Å². The molecule has 252 valence electrons. The maximum absolute atomic E-state index is 12.3. The van der Waals surface area contributed by atoms with Gasteiger partial charge in [-0.1, -0.05) is 83.5 Å². The molecule has 0 saturated carbocycles. The summed E-state index contributed by atoms with van der Waals surface area (Å²) in [7, 11) is -7.90. The molecule has 2 rings (SSSR count). The van der Waals surface area contributed by atoms with Crippen LogP contribution in [0.5, 0.6) is 0 Å². The number of carbonyl (C=O) groups excluding carboxylic acids is 2. The van der Waals surface area contributed by atoms with Gasteiger partial charge in [-0.15, -0.1) is 0 Å². The second-order valence-corrected chi connectivity index (χ2v) is 14.2. The van der Waals surface area contributed by atoms with Crippen molar-refractivity contribution in [1.82, 2.24) is 15.1 Å². The zero-order valence-corrected chi connectivity index (χ0v) is 27.6. The number of nitrogens with zero attached hydrogens (tertiary/aromatic N) is 2. The van der Waals surface area contributed by atoms with Crippen molar-refractivity contribution in [2.75, 3.05) is 65.7 Å². The van der Waals surface area contributed by atoms with E-state index in [1.807, 2.05) is 0 Å². The zero-order chi connectivity index (χ0) is 31.2. The van der Waals surface area contributed by atoms with E-state index in [4.69, 9.17) is 18.1 Å². The third-order valence-electron chi connectivity index (χ3n) is 7.69. The third-order valence-corrected chi connectivity index (χ3v) is 9.72. The number of rotatable bonds is 20. The maximum atomic E-state index is 12.3. The summed E-state index contributed by atoms with van der Waals surface area (Å²) in [4.78, 5) is 46.5. The van der Waals surface area contributed by atoms with E-state index in [0.717, 1.165) is 38.6 Å². The second-order valence-electron chi connectivity index (χ2n) is 11.3. The van der Waals surface area contributed by atoms with Gasteiger partial charge < -0.3 is 24.9 Å². The first-order chi connectivity index (χ1) is 20.7.